The van der Waals surface area contributed by atoms with Gasteiger partial charge in [0.1, 0.15) is 11.2 Å². The zero-order valence-corrected chi connectivity index (χ0v) is 50.7. The first-order valence-electron chi connectivity index (χ1n) is 41.5. The van der Waals surface area contributed by atoms with Crippen molar-refractivity contribution in [2.45, 2.75) is 26.2 Å². The van der Waals surface area contributed by atoms with Crippen molar-refractivity contribution in [2.75, 3.05) is 9.80 Å². The summed E-state index contributed by atoms with van der Waals surface area (Å²) in [5.41, 5.74) is 9.53. The van der Waals surface area contributed by atoms with Gasteiger partial charge in [0.05, 0.1) is 73.3 Å². The highest BCUT2D eigenvalue weighted by Crippen LogP contribution is 2.54. The lowest BCUT2D eigenvalue weighted by Gasteiger charge is -2.45. The molecular weight excluding hydrogens is 1140 g/mol. The second-order valence-corrected chi connectivity index (χ2v) is 24.8. The molecule has 442 valence electrons. The second kappa shape index (κ2) is 20.8. The third-order valence-electron chi connectivity index (χ3n) is 18.6. The van der Waals surface area contributed by atoms with Crippen molar-refractivity contribution in [1.29, 1.82) is 0 Å². The summed E-state index contributed by atoms with van der Waals surface area (Å²) >= 11 is 0. The van der Waals surface area contributed by atoms with E-state index in [1.165, 1.54) is 9.13 Å². The third kappa shape index (κ3) is 8.22. The van der Waals surface area contributed by atoms with Gasteiger partial charge in [0.25, 0.3) is 6.71 Å². The highest BCUT2D eigenvalue weighted by Gasteiger charge is 2.46. The van der Waals surface area contributed by atoms with E-state index >= 15 is 0 Å². The summed E-state index contributed by atoms with van der Waals surface area (Å²) in [6.07, 6.45) is 0. The lowest BCUT2D eigenvalue weighted by molar-refractivity contribution is 0.591. The van der Waals surface area contributed by atoms with Crippen LogP contribution < -0.4 is 26.2 Å². The number of nitrogens with zero attached hydrogens (tertiary/aromatic N) is 4. The fraction of sp³-hybridized carbons (Fsp3) is 0.0455. The minimum Gasteiger partial charge on any atom is -0.456 e. The first kappa shape index (κ1) is 36.9. The Morgan fingerprint density at radius 3 is 1.38 bits per heavy atom. The predicted molar refractivity (Wildman–Crippen MR) is 397 cm³/mol. The van der Waals surface area contributed by atoms with E-state index in [9.17, 15) is 21.9 Å². The van der Waals surface area contributed by atoms with Crippen LogP contribution in [0.4, 0.5) is 34.1 Å². The van der Waals surface area contributed by atoms with E-state index in [0.29, 0.717) is 89.1 Å². The molecule has 0 unspecified atom stereocenters. The van der Waals surface area contributed by atoms with Gasteiger partial charge < -0.3 is 23.4 Å². The van der Waals surface area contributed by atoms with Gasteiger partial charge in [-0.2, -0.15) is 0 Å². The van der Waals surface area contributed by atoms with Crippen molar-refractivity contribution >= 4 is 123 Å². The molecule has 19 rings (SSSR count). The Bertz CT molecular complexity index is 7000. The lowest BCUT2D eigenvalue weighted by Crippen LogP contribution is -2.61. The van der Waals surface area contributed by atoms with E-state index in [1.807, 2.05) is 163 Å². The van der Waals surface area contributed by atoms with E-state index in [2.05, 4.69) is 37.8 Å². The van der Waals surface area contributed by atoms with Crippen molar-refractivity contribution in [1.82, 2.24) is 9.13 Å². The quantitative estimate of drug-likeness (QED) is 0.142. The second-order valence-electron chi connectivity index (χ2n) is 24.8. The van der Waals surface area contributed by atoms with Gasteiger partial charge in [0.15, 0.2) is 0 Å². The molecule has 0 fully saturated rings. The molecule has 2 aliphatic rings. The van der Waals surface area contributed by atoms with Crippen LogP contribution in [-0.2, 0) is 5.41 Å². The highest BCUT2D eigenvalue weighted by molar-refractivity contribution is 7.00. The van der Waals surface area contributed by atoms with Gasteiger partial charge in [0, 0.05) is 66.5 Å². The summed E-state index contributed by atoms with van der Waals surface area (Å²) < 4.78 is 209. The Balaban J connectivity index is 1.08. The molecule has 0 spiro atoms. The molecule has 0 amide bonds. The molecule has 14 aromatic carbocycles. The summed E-state index contributed by atoms with van der Waals surface area (Å²) in [7, 11) is 0. The van der Waals surface area contributed by atoms with Crippen LogP contribution >= 0.6 is 0 Å². The number of hydrogen-bond donors (Lipinski definition) is 0. The predicted octanol–water partition coefficient (Wildman–Crippen LogP) is 21.8. The summed E-state index contributed by atoms with van der Waals surface area (Å²) in [6, 6.07) is 47.1. The van der Waals surface area contributed by atoms with Gasteiger partial charge in [-0.15, -0.1) is 0 Å². The van der Waals surface area contributed by atoms with Crippen LogP contribution in [0.1, 0.15) is 55.1 Å². The van der Waals surface area contributed by atoms with Crippen molar-refractivity contribution in [2.24, 2.45) is 0 Å². The first-order chi connectivity index (χ1) is 55.0. The number of fused-ring (bicyclic) bond motifs is 13. The summed E-state index contributed by atoms with van der Waals surface area (Å²) in [5, 5.41) is 0.556. The molecule has 0 radical (unpaired) electrons. The van der Waals surface area contributed by atoms with Crippen LogP contribution in [-0.4, -0.2) is 15.8 Å². The maximum absolute atomic E-state index is 10.1. The highest BCUT2D eigenvalue weighted by atomic mass is 16.3. The molecule has 94 heavy (non-hydrogen) atoms. The van der Waals surface area contributed by atoms with Crippen molar-refractivity contribution in [3.05, 3.63) is 321 Å². The van der Waals surface area contributed by atoms with Crippen LogP contribution in [0.15, 0.2) is 319 Å². The average molecular weight is 1220 g/mol. The van der Waals surface area contributed by atoms with Crippen molar-refractivity contribution in [3.63, 3.8) is 0 Å². The summed E-state index contributed by atoms with van der Waals surface area (Å²) in [4.78, 5) is 4.11. The van der Waals surface area contributed by atoms with Crippen molar-refractivity contribution < 1.29 is 33.2 Å². The number of benzene rings is 14. The maximum atomic E-state index is 10.1. The number of rotatable bonds is 8. The largest absolute Gasteiger partial charge is 0.456 e. The summed E-state index contributed by atoms with van der Waals surface area (Å²) in [6.45, 7) is 5.37. The summed E-state index contributed by atoms with van der Waals surface area (Å²) in [5.74, 6) is 0. The van der Waals surface area contributed by atoms with Crippen LogP contribution in [0.2, 0.25) is 0 Å². The fourth-order valence-corrected chi connectivity index (χ4v) is 14.4. The molecule has 0 N–H and O–H groups in total. The molecule has 6 heteroatoms. The normalized spacial score (nSPS) is 15.9. The van der Waals surface area contributed by atoms with Crippen LogP contribution in [0.25, 0.3) is 121 Å². The zero-order valence-electron chi connectivity index (χ0n) is 71.7. The Morgan fingerprint density at radius 1 is 0.340 bits per heavy atom. The van der Waals surface area contributed by atoms with E-state index in [1.54, 1.807) is 18.2 Å². The van der Waals surface area contributed by atoms with Crippen LogP contribution in [0.5, 0.6) is 0 Å². The molecule has 0 bridgehead atoms. The molecule has 5 nitrogen and oxygen atoms in total. The number of aromatic nitrogens is 2. The maximum Gasteiger partial charge on any atom is 0.252 e. The SMILES string of the molecule is [2H]c1c([2H])c([2H])c(-c2ccc3c(c2)N(c2cc(-c4ccccc4)cc4oc5ccccc5c24)c2cc(-n4c5c([2H])c([2H])c([2H])c([2H])c5c5c([2H])c([2H])c([2H])c([2H])c54)cc4c2B3c2ccc(-n3c5c([2H])c([2H])c([2H])c([2H])c5c5c([2H])c([2H])c([2H])c([2H])c53)cc2N4c2c(-c3ccccc3)cc(C(C)(C)C)cc2-c2ccccc2)c([2H])c1[2H]. The smallest absolute Gasteiger partial charge is 0.252 e. The zero-order chi connectivity index (χ0) is 80.6. The van der Waals surface area contributed by atoms with Gasteiger partial charge in [-0.3, -0.25) is 0 Å². The Labute approximate surface area is 575 Å². The number of furan rings is 1. The number of para-hydroxylation sites is 5. The van der Waals surface area contributed by atoms with Crippen LogP contribution in [0, 0.1) is 0 Å². The standard InChI is InChI=1S/C88H61BN4O/c1-88(2,3)62-51-70(58-30-12-6-13-31-58)87(71(52-62)59-32-14-7-15-33-59)93-79-53-63(90-74-39-21-16-34-65(74)66-35-17-22-40-75(66)90)45-47-73(79)89-72-46-44-60(56-26-8-4-9-27-56)48-78(72)92(80-49-61(57-28-10-5-11-29-57)50-84-85(80)69-38-20-25-43-83(69)94-84)81-54-64(55-82(93)86(81)89)91-76-41-23-18-36-67(76)68-37-19-24-42-77(68)91/h4-55H,1-3H3/i4D,8D,9D,16D,17D,18D,19D,21D,22D,23D,24D,26D,27D,34D,35D,36D,37D,39D,40D,41D,42D. The average Bonchev–Trinajstić information content (AvgIpc) is 1.62. The van der Waals surface area contributed by atoms with Gasteiger partial charge >= 0.3 is 0 Å². The van der Waals surface area contributed by atoms with E-state index in [-0.39, 0.29) is 66.1 Å². The molecule has 17 aromatic rings. The number of anilines is 6. The van der Waals surface area contributed by atoms with Gasteiger partial charge in [0.2, 0.25) is 0 Å². The van der Waals surface area contributed by atoms with Gasteiger partial charge in [-0.1, -0.05) is 251 Å². The minimum atomic E-state index is -0.983. The van der Waals surface area contributed by atoms with E-state index < -0.39 is 139 Å². The monoisotopic (exact) mass is 1220 g/mol. The Hall–Kier alpha value is -11.9. The van der Waals surface area contributed by atoms with E-state index in [4.69, 9.17) is 11.3 Å². The molecule has 3 aromatic heterocycles. The molecule has 0 saturated heterocycles. The fourth-order valence-electron chi connectivity index (χ4n) is 14.4. The molecular formula is C88H61BN4O. The lowest BCUT2D eigenvalue weighted by atomic mass is 9.33. The number of hydrogen-bond acceptors (Lipinski definition) is 3. The Kier molecular flexibility index (Phi) is 8.17. The topological polar surface area (TPSA) is 29.5 Å². The minimum absolute atomic E-state index is 0.0955. The van der Waals surface area contributed by atoms with Gasteiger partial charge in [-0.25, -0.2) is 0 Å². The first-order valence-corrected chi connectivity index (χ1v) is 31.0. The van der Waals surface area contributed by atoms with E-state index in [0.717, 1.165) is 22.3 Å². The molecule has 2 aliphatic heterocycles. The molecule has 0 saturated carbocycles. The Morgan fingerprint density at radius 2 is 0.809 bits per heavy atom. The molecule has 0 atom stereocenters. The molecule has 5 heterocycles. The van der Waals surface area contributed by atoms with Crippen LogP contribution in [0.3, 0.4) is 0 Å². The van der Waals surface area contributed by atoms with Gasteiger partial charge in [-0.05, 0) is 146 Å². The molecule has 0 aliphatic carbocycles. The third-order valence-corrected chi connectivity index (χ3v) is 18.6. The van der Waals surface area contributed by atoms with Crippen molar-refractivity contribution in [3.8, 4) is 55.9 Å².